The molecule has 19 heavy (non-hydrogen) atoms. The summed E-state index contributed by atoms with van der Waals surface area (Å²) in [5.41, 5.74) is 0.739. The molecule has 0 bridgehead atoms. The molecule has 0 saturated carbocycles. The Morgan fingerprint density at radius 1 is 1.26 bits per heavy atom. The van der Waals surface area contributed by atoms with Gasteiger partial charge in [0.15, 0.2) is 9.84 Å². The van der Waals surface area contributed by atoms with Crippen molar-refractivity contribution in [2.24, 2.45) is 0 Å². The number of nitrogens with zero attached hydrogens (tertiary/aromatic N) is 1. The summed E-state index contributed by atoms with van der Waals surface area (Å²) < 4.78 is 23.4. The van der Waals surface area contributed by atoms with E-state index >= 15 is 0 Å². The molecule has 7 heteroatoms. The lowest BCUT2D eigenvalue weighted by molar-refractivity contribution is 0.602. The SMILES string of the molecule is CS(=O)(=O)c1ccc(Nc2ncc(Cl)cc2Br)cc1. The third kappa shape index (κ3) is 3.68. The lowest BCUT2D eigenvalue weighted by Gasteiger charge is -2.08. The van der Waals surface area contributed by atoms with Crippen molar-refractivity contribution in [3.8, 4) is 0 Å². The highest BCUT2D eigenvalue weighted by Crippen LogP contribution is 2.26. The largest absolute Gasteiger partial charge is 0.339 e. The summed E-state index contributed by atoms with van der Waals surface area (Å²) in [5.74, 6) is 0.608. The van der Waals surface area contributed by atoms with Crippen LogP contribution in [-0.2, 0) is 9.84 Å². The predicted octanol–water partition coefficient (Wildman–Crippen LogP) is 3.64. The van der Waals surface area contributed by atoms with Crippen molar-refractivity contribution >= 4 is 48.9 Å². The zero-order valence-corrected chi connectivity index (χ0v) is 13.1. The maximum absolute atomic E-state index is 11.3. The fourth-order valence-electron chi connectivity index (χ4n) is 1.43. The van der Waals surface area contributed by atoms with Crippen molar-refractivity contribution in [2.75, 3.05) is 11.6 Å². The smallest absolute Gasteiger partial charge is 0.175 e. The topological polar surface area (TPSA) is 59.1 Å². The van der Waals surface area contributed by atoms with Crippen molar-refractivity contribution < 1.29 is 8.42 Å². The highest BCUT2D eigenvalue weighted by Gasteiger charge is 2.07. The molecule has 1 aromatic heterocycles. The van der Waals surface area contributed by atoms with E-state index in [9.17, 15) is 8.42 Å². The molecule has 0 aliphatic rings. The van der Waals surface area contributed by atoms with Crippen LogP contribution in [0.3, 0.4) is 0 Å². The van der Waals surface area contributed by atoms with Crippen LogP contribution in [0.1, 0.15) is 0 Å². The Balaban J connectivity index is 2.25. The summed E-state index contributed by atoms with van der Waals surface area (Å²) in [6, 6.07) is 8.17. The standard InChI is InChI=1S/C12H10BrClN2O2S/c1-19(17,18)10-4-2-9(3-5-10)16-12-11(13)6-8(14)7-15-12/h2-7H,1H3,(H,15,16). The van der Waals surface area contributed by atoms with Crippen LogP contribution in [0.15, 0.2) is 45.9 Å². The van der Waals surface area contributed by atoms with Crippen molar-refractivity contribution in [3.05, 3.63) is 46.0 Å². The second-order valence-electron chi connectivity index (χ2n) is 3.91. The molecule has 0 spiro atoms. The number of aromatic nitrogens is 1. The van der Waals surface area contributed by atoms with Gasteiger partial charge in [0.1, 0.15) is 5.82 Å². The summed E-state index contributed by atoms with van der Waals surface area (Å²) in [5, 5.41) is 3.60. The average molecular weight is 362 g/mol. The molecule has 2 rings (SSSR count). The molecule has 0 atom stereocenters. The monoisotopic (exact) mass is 360 g/mol. The first-order chi connectivity index (χ1) is 8.86. The molecule has 0 aliphatic carbocycles. The summed E-state index contributed by atoms with van der Waals surface area (Å²) in [7, 11) is -3.18. The normalized spacial score (nSPS) is 11.3. The molecule has 1 heterocycles. The van der Waals surface area contributed by atoms with Crippen LogP contribution in [0.2, 0.25) is 5.02 Å². The molecular formula is C12H10BrClN2O2S. The molecule has 2 aromatic rings. The third-order valence-electron chi connectivity index (χ3n) is 2.35. The van der Waals surface area contributed by atoms with Gasteiger partial charge in [-0.15, -0.1) is 0 Å². The van der Waals surface area contributed by atoms with Gasteiger partial charge in [-0.1, -0.05) is 11.6 Å². The van der Waals surface area contributed by atoms with E-state index < -0.39 is 9.84 Å². The van der Waals surface area contributed by atoms with Gasteiger partial charge in [-0.25, -0.2) is 13.4 Å². The van der Waals surface area contributed by atoms with Gasteiger partial charge in [0.05, 0.1) is 14.4 Å². The minimum atomic E-state index is -3.18. The Labute approximate surface area is 124 Å². The number of nitrogens with one attached hydrogen (secondary N) is 1. The molecule has 1 N–H and O–H groups in total. The van der Waals surface area contributed by atoms with E-state index in [-0.39, 0.29) is 4.90 Å². The highest BCUT2D eigenvalue weighted by molar-refractivity contribution is 9.10. The van der Waals surface area contributed by atoms with Crippen LogP contribution in [0.25, 0.3) is 0 Å². The highest BCUT2D eigenvalue weighted by atomic mass is 79.9. The van der Waals surface area contributed by atoms with Crippen LogP contribution in [-0.4, -0.2) is 19.7 Å². The van der Waals surface area contributed by atoms with Crippen molar-refractivity contribution in [1.82, 2.24) is 4.98 Å². The van der Waals surface area contributed by atoms with E-state index in [4.69, 9.17) is 11.6 Å². The van der Waals surface area contributed by atoms with Crippen molar-refractivity contribution in [3.63, 3.8) is 0 Å². The van der Waals surface area contributed by atoms with E-state index in [1.54, 1.807) is 30.3 Å². The van der Waals surface area contributed by atoms with E-state index in [0.717, 1.165) is 10.2 Å². The van der Waals surface area contributed by atoms with Gasteiger partial charge in [-0.3, -0.25) is 0 Å². The fourth-order valence-corrected chi connectivity index (χ4v) is 2.80. The van der Waals surface area contributed by atoms with Crippen LogP contribution in [0.5, 0.6) is 0 Å². The number of sulfone groups is 1. The maximum atomic E-state index is 11.3. The van der Waals surface area contributed by atoms with E-state index in [2.05, 4.69) is 26.2 Å². The van der Waals surface area contributed by atoms with Gasteiger partial charge < -0.3 is 5.32 Å². The number of rotatable bonds is 3. The molecular weight excluding hydrogens is 352 g/mol. The quantitative estimate of drug-likeness (QED) is 0.906. The lowest BCUT2D eigenvalue weighted by Crippen LogP contribution is -1.98. The van der Waals surface area contributed by atoms with Crippen molar-refractivity contribution in [1.29, 1.82) is 0 Å². The van der Waals surface area contributed by atoms with Gasteiger partial charge >= 0.3 is 0 Å². The van der Waals surface area contributed by atoms with Gasteiger partial charge in [-0.05, 0) is 46.3 Å². The Hall–Kier alpha value is -1.11. The molecule has 0 fully saturated rings. The van der Waals surface area contributed by atoms with E-state index in [1.807, 2.05) is 0 Å². The van der Waals surface area contributed by atoms with Gasteiger partial charge in [0.25, 0.3) is 0 Å². The number of hydrogen-bond donors (Lipinski definition) is 1. The molecule has 0 radical (unpaired) electrons. The van der Waals surface area contributed by atoms with Gasteiger partial charge in [-0.2, -0.15) is 0 Å². The number of anilines is 2. The first-order valence-electron chi connectivity index (χ1n) is 5.24. The first kappa shape index (κ1) is 14.3. The minimum absolute atomic E-state index is 0.279. The van der Waals surface area contributed by atoms with E-state index in [1.165, 1.54) is 12.5 Å². The number of halogens is 2. The molecule has 0 unspecified atom stereocenters. The average Bonchev–Trinajstić information content (AvgIpc) is 2.32. The van der Waals surface area contributed by atoms with Gasteiger partial charge in [0, 0.05) is 18.1 Å². The fraction of sp³-hybridized carbons (Fsp3) is 0.0833. The number of pyridine rings is 1. The summed E-state index contributed by atoms with van der Waals surface area (Å²) in [6.45, 7) is 0. The minimum Gasteiger partial charge on any atom is -0.339 e. The zero-order valence-electron chi connectivity index (χ0n) is 9.89. The van der Waals surface area contributed by atoms with Crippen LogP contribution in [0.4, 0.5) is 11.5 Å². The predicted molar refractivity (Wildman–Crippen MR) is 79.8 cm³/mol. The maximum Gasteiger partial charge on any atom is 0.175 e. The summed E-state index contributed by atoms with van der Waals surface area (Å²) >= 11 is 9.15. The molecule has 100 valence electrons. The zero-order chi connectivity index (χ0) is 14.0. The molecule has 0 aliphatic heterocycles. The number of benzene rings is 1. The molecule has 1 aromatic carbocycles. The van der Waals surface area contributed by atoms with E-state index in [0.29, 0.717) is 10.8 Å². The van der Waals surface area contributed by atoms with Crippen molar-refractivity contribution in [2.45, 2.75) is 4.90 Å². The molecule has 0 amide bonds. The number of hydrogen-bond acceptors (Lipinski definition) is 4. The Morgan fingerprint density at radius 3 is 2.42 bits per heavy atom. The van der Waals surface area contributed by atoms with Crippen LogP contribution < -0.4 is 5.32 Å². The Kier molecular flexibility index (Phi) is 4.13. The van der Waals surface area contributed by atoms with Crippen LogP contribution >= 0.6 is 27.5 Å². The molecule has 4 nitrogen and oxygen atoms in total. The summed E-state index contributed by atoms with van der Waals surface area (Å²) in [4.78, 5) is 4.41. The Morgan fingerprint density at radius 2 is 1.89 bits per heavy atom. The molecule has 0 saturated heterocycles. The first-order valence-corrected chi connectivity index (χ1v) is 8.31. The second-order valence-corrected chi connectivity index (χ2v) is 7.21. The van der Waals surface area contributed by atoms with Gasteiger partial charge in [0.2, 0.25) is 0 Å². The summed E-state index contributed by atoms with van der Waals surface area (Å²) in [6.07, 6.45) is 2.70. The Bertz CT molecular complexity index is 702. The van der Waals surface area contributed by atoms with Crippen LogP contribution in [0, 0.1) is 0 Å². The second kappa shape index (κ2) is 5.48. The third-order valence-corrected chi connectivity index (χ3v) is 4.29. The lowest BCUT2D eigenvalue weighted by atomic mass is 10.3.